The van der Waals surface area contributed by atoms with Crippen LogP contribution in [0.4, 0.5) is 5.69 Å². The predicted molar refractivity (Wildman–Crippen MR) is 124 cm³/mol. The van der Waals surface area contributed by atoms with Gasteiger partial charge in [-0.05, 0) is 54.1 Å². The van der Waals surface area contributed by atoms with Crippen LogP contribution in [0, 0.1) is 6.92 Å². The average molecular weight is 435 g/mol. The summed E-state index contributed by atoms with van der Waals surface area (Å²) in [5.74, 6) is 0.537. The van der Waals surface area contributed by atoms with E-state index in [2.05, 4.69) is 10.3 Å². The molecule has 3 aromatic carbocycles. The molecule has 0 spiro atoms. The lowest BCUT2D eigenvalue weighted by Crippen LogP contribution is -2.19. The van der Waals surface area contributed by atoms with Crippen molar-refractivity contribution in [1.29, 1.82) is 0 Å². The molecule has 150 valence electrons. The molecule has 6 heteroatoms. The first-order valence-corrected chi connectivity index (χ1v) is 10.6. The molecule has 1 saturated heterocycles. The lowest BCUT2D eigenvalue weighted by molar-refractivity contribution is -0.115. The van der Waals surface area contributed by atoms with Crippen LogP contribution in [-0.4, -0.2) is 11.1 Å². The van der Waals surface area contributed by atoms with Gasteiger partial charge in [0.1, 0.15) is 12.4 Å². The number of carbonyl (C=O) groups is 1. The summed E-state index contributed by atoms with van der Waals surface area (Å²) in [5.41, 5.74) is 3.53. The summed E-state index contributed by atoms with van der Waals surface area (Å²) in [6.07, 6.45) is 1.83. The normalized spacial score (nSPS) is 16.1. The molecule has 3 aromatic rings. The van der Waals surface area contributed by atoms with Gasteiger partial charge in [-0.15, -0.1) is 0 Å². The fraction of sp³-hybridized carbons (Fsp3) is 0.0833. The van der Waals surface area contributed by atoms with E-state index in [9.17, 15) is 4.79 Å². The lowest BCUT2D eigenvalue weighted by Gasteiger charge is -2.09. The van der Waals surface area contributed by atoms with E-state index in [1.54, 1.807) is 0 Å². The first kappa shape index (κ1) is 20.3. The SMILES string of the molecule is Cc1c(Cl)cccc1N=C1NC(=O)/C(=C/c2ccccc2OCc2ccccc2)S1. The van der Waals surface area contributed by atoms with E-state index in [4.69, 9.17) is 16.3 Å². The van der Waals surface area contributed by atoms with E-state index >= 15 is 0 Å². The Balaban J connectivity index is 1.54. The molecule has 0 atom stereocenters. The number of para-hydroxylation sites is 1. The monoisotopic (exact) mass is 434 g/mol. The van der Waals surface area contributed by atoms with Crippen molar-refractivity contribution in [1.82, 2.24) is 5.32 Å². The number of hydrogen-bond acceptors (Lipinski definition) is 4. The maximum Gasteiger partial charge on any atom is 0.264 e. The molecule has 30 heavy (non-hydrogen) atoms. The Hall–Kier alpha value is -3.02. The molecule has 1 amide bonds. The van der Waals surface area contributed by atoms with Crippen LogP contribution in [0.15, 0.2) is 82.7 Å². The van der Waals surface area contributed by atoms with Crippen molar-refractivity contribution in [3.63, 3.8) is 0 Å². The summed E-state index contributed by atoms with van der Waals surface area (Å²) in [5, 5.41) is 3.99. The molecule has 0 saturated carbocycles. The van der Waals surface area contributed by atoms with Crippen LogP contribution in [0.3, 0.4) is 0 Å². The van der Waals surface area contributed by atoms with Crippen LogP contribution < -0.4 is 10.1 Å². The van der Waals surface area contributed by atoms with E-state index in [1.165, 1.54) is 11.8 Å². The number of carbonyl (C=O) groups excluding carboxylic acids is 1. The molecule has 0 aliphatic carbocycles. The van der Waals surface area contributed by atoms with Crippen molar-refractivity contribution in [2.75, 3.05) is 0 Å². The van der Waals surface area contributed by atoms with Gasteiger partial charge in [0.15, 0.2) is 5.17 Å². The van der Waals surface area contributed by atoms with Gasteiger partial charge in [-0.3, -0.25) is 4.79 Å². The highest BCUT2D eigenvalue weighted by Crippen LogP contribution is 2.32. The molecule has 1 heterocycles. The Morgan fingerprint density at radius 1 is 1.03 bits per heavy atom. The molecule has 1 fully saturated rings. The fourth-order valence-electron chi connectivity index (χ4n) is 2.91. The Labute approximate surface area is 184 Å². The van der Waals surface area contributed by atoms with Crippen LogP contribution in [-0.2, 0) is 11.4 Å². The number of hydrogen-bond donors (Lipinski definition) is 1. The molecule has 1 aliphatic rings. The second-order valence-electron chi connectivity index (χ2n) is 6.68. The highest BCUT2D eigenvalue weighted by Gasteiger charge is 2.24. The van der Waals surface area contributed by atoms with Gasteiger partial charge in [-0.25, -0.2) is 4.99 Å². The number of rotatable bonds is 5. The summed E-state index contributed by atoms with van der Waals surface area (Å²) in [4.78, 5) is 17.6. The van der Waals surface area contributed by atoms with Gasteiger partial charge in [-0.2, -0.15) is 0 Å². The summed E-state index contributed by atoms with van der Waals surface area (Å²) in [7, 11) is 0. The summed E-state index contributed by atoms with van der Waals surface area (Å²) >= 11 is 7.46. The number of benzene rings is 3. The van der Waals surface area contributed by atoms with Gasteiger partial charge in [0, 0.05) is 10.6 Å². The third-order valence-electron chi connectivity index (χ3n) is 4.55. The van der Waals surface area contributed by atoms with Crippen molar-refractivity contribution in [3.8, 4) is 5.75 Å². The standard InChI is InChI=1S/C24H19ClN2O2S/c1-16-19(25)11-7-12-20(16)26-24-27-23(28)22(30-24)14-18-10-5-6-13-21(18)29-15-17-8-3-2-4-9-17/h2-14H,15H2,1H3,(H,26,27,28)/b22-14-. The summed E-state index contributed by atoms with van der Waals surface area (Å²) in [6, 6.07) is 23.2. The Kier molecular flexibility index (Phi) is 6.21. The minimum Gasteiger partial charge on any atom is -0.488 e. The van der Waals surface area contributed by atoms with E-state index < -0.39 is 0 Å². The van der Waals surface area contributed by atoms with E-state index in [0.717, 1.165) is 28.1 Å². The molecular weight excluding hydrogens is 416 g/mol. The van der Waals surface area contributed by atoms with Crippen molar-refractivity contribution < 1.29 is 9.53 Å². The maximum atomic E-state index is 12.5. The zero-order valence-electron chi connectivity index (χ0n) is 16.3. The number of ether oxygens (including phenoxy) is 1. The molecule has 1 N–H and O–H groups in total. The smallest absolute Gasteiger partial charge is 0.264 e. The number of aliphatic imine (C=N–C) groups is 1. The average Bonchev–Trinajstić information content (AvgIpc) is 3.10. The maximum absolute atomic E-state index is 12.5. The Morgan fingerprint density at radius 3 is 2.63 bits per heavy atom. The summed E-state index contributed by atoms with van der Waals surface area (Å²) in [6.45, 7) is 2.36. The van der Waals surface area contributed by atoms with Gasteiger partial charge in [-0.1, -0.05) is 66.2 Å². The van der Waals surface area contributed by atoms with Crippen molar-refractivity contribution in [3.05, 3.63) is 99.4 Å². The molecule has 0 bridgehead atoms. The highest BCUT2D eigenvalue weighted by atomic mass is 35.5. The van der Waals surface area contributed by atoms with Gasteiger partial charge < -0.3 is 10.1 Å². The number of amidine groups is 1. The zero-order valence-corrected chi connectivity index (χ0v) is 17.8. The van der Waals surface area contributed by atoms with Crippen LogP contribution >= 0.6 is 23.4 Å². The predicted octanol–water partition coefficient (Wildman–Crippen LogP) is 6.12. The van der Waals surface area contributed by atoms with Crippen molar-refractivity contribution in [2.45, 2.75) is 13.5 Å². The van der Waals surface area contributed by atoms with Gasteiger partial charge in [0.2, 0.25) is 0 Å². The Bertz CT molecular complexity index is 1140. The number of nitrogens with zero attached hydrogens (tertiary/aromatic N) is 1. The summed E-state index contributed by atoms with van der Waals surface area (Å²) < 4.78 is 5.99. The number of thioether (sulfide) groups is 1. The highest BCUT2D eigenvalue weighted by molar-refractivity contribution is 8.18. The zero-order chi connectivity index (χ0) is 20.9. The third kappa shape index (κ3) is 4.75. The molecule has 0 aromatic heterocycles. The second-order valence-corrected chi connectivity index (χ2v) is 8.12. The fourth-order valence-corrected chi connectivity index (χ4v) is 3.91. The second kappa shape index (κ2) is 9.20. The van der Waals surface area contributed by atoms with Gasteiger partial charge in [0.05, 0.1) is 10.6 Å². The molecular formula is C24H19ClN2O2S. The van der Waals surface area contributed by atoms with Crippen LogP contribution in [0.1, 0.15) is 16.7 Å². The minimum atomic E-state index is -0.184. The minimum absolute atomic E-state index is 0.184. The quantitative estimate of drug-likeness (QED) is 0.492. The van der Waals surface area contributed by atoms with Gasteiger partial charge in [0.25, 0.3) is 5.91 Å². The first-order valence-electron chi connectivity index (χ1n) is 9.40. The van der Waals surface area contributed by atoms with E-state index in [1.807, 2.05) is 85.8 Å². The third-order valence-corrected chi connectivity index (χ3v) is 5.87. The topological polar surface area (TPSA) is 50.7 Å². The largest absolute Gasteiger partial charge is 0.488 e. The van der Waals surface area contributed by atoms with E-state index in [-0.39, 0.29) is 5.91 Å². The Morgan fingerprint density at radius 2 is 1.80 bits per heavy atom. The molecule has 4 rings (SSSR count). The molecule has 4 nitrogen and oxygen atoms in total. The first-order chi connectivity index (χ1) is 14.6. The van der Waals surface area contributed by atoms with Crippen LogP contribution in [0.25, 0.3) is 6.08 Å². The van der Waals surface area contributed by atoms with Crippen molar-refractivity contribution >= 4 is 46.2 Å². The van der Waals surface area contributed by atoms with Crippen LogP contribution in [0.5, 0.6) is 5.75 Å². The lowest BCUT2D eigenvalue weighted by atomic mass is 10.2. The van der Waals surface area contributed by atoms with Crippen molar-refractivity contribution in [2.24, 2.45) is 4.99 Å². The molecule has 0 radical (unpaired) electrons. The molecule has 1 aliphatic heterocycles. The number of amides is 1. The van der Waals surface area contributed by atoms with Crippen LogP contribution in [0.2, 0.25) is 5.02 Å². The number of nitrogens with one attached hydrogen (secondary N) is 1. The van der Waals surface area contributed by atoms with Gasteiger partial charge >= 0.3 is 0 Å². The van der Waals surface area contributed by atoms with E-state index in [0.29, 0.717) is 21.7 Å². The number of halogens is 1. The molecule has 0 unspecified atom stereocenters.